The summed E-state index contributed by atoms with van der Waals surface area (Å²) in [5.41, 5.74) is 4.97. The van der Waals surface area contributed by atoms with Crippen LogP contribution in [-0.2, 0) is 0 Å². The number of hydrogen-bond acceptors (Lipinski definition) is 2. The van der Waals surface area contributed by atoms with Crippen LogP contribution in [0.1, 0.15) is 24.2 Å². The normalized spacial score (nSPS) is 11.2. The first-order valence-corrected chi connectivity index (χ1v) is 4.73. The molecule has 15 heavy (non-hydrogen) atoms. The molecule has 1 amide bonds. The van der Waals surface area contributed by atoms with Gasteiger partial charge in [-0.05, 0) is 26.0 Å². The quantitative estimate of drug-likeness (QED) is 0.790. The standard InChI is InChI=1S/C11H15FN2O/c1-11(2,7-13)14-10(15)8-5-3-4-6-9(8)12/h3-6H,7,13H2,1-2H3,(H,14,15). The minimum absolute atomic E-state index is 0.0408. The Morgan fingerprint density at radius 1 is 1.47 bits per heavy atom. The zero-order valence-corrected chi connectivity index (χ0v) is 8.88. The highest BCUT2D eigenvalue weighted by molar-refractivity contribution is 5.94. The Balaban J connectivity index is 2.83. The highest BCUT2D eigenvalue weighted by Gasteiger charge is 2.20. The third-order valence-electron chi connectivity index (χ3n) is 2.08. The van der Waals surface area contributed by atoms with Gasteiger partial charge < -0.3 is 11.1 Å². The molecule has 0 fully saturated rings. The molecule has 0 atom stereocenters. The average molecular weight is 210 g/mol. The van der Waals surface area contributed by atoms with Crippen molar-refractivity contribution >= 4 is 5.91 Å². The first-order valence-electron chi connectivity index (χ1n) is 4.73. The molecule has 0 saturated carbocycles. The van der Waals surface area contributed by atoms with Crippen LogP contribution in [0, 0.1) is 5.82 Å². The minimum Gasteiger partial charge on any atom is -0.346 e. The Bertz CT molecular complexity index is 363. The fourth-order valence-electron chi connectivity index (χ4n) is 1.07. The summed E-state index contributed by atoms with van der Waals surface area (Å²) in [6.07, 6.45) is 0. The van der Waals surface area contributed by atoms with Crippen LogP contribution in [0.25, 0.3) is 0 Å². The summed E-state index contributed by atoms with van der Waals surface area (Å²) >= 11 is 0. The molecule has 3 nitrogen and oxygen atoms in total. The molecule has 0 saturated heterocycles. The van der Waals surface area contributed by atoms with Gasteiger partial charge in [0.15, 0.2) is 0 Å². The van der Waals surface area contributed by atoms with Crippen molar-refractivity contribution in [1.29, 1.82) is 0 Å². The fourth-order valence-corrected chi connectivity index (χ4v) is 1.07. The molecule has 0 aromatic heterocycles. The number of hydrogen-bond donors (Lipinski definition) is 2. The molecular weight excluding hydrogens is 195 g/mol. The predicted molar refractivity (Wildman–Crippen MR) is 57.0 cm³/mol. The Kier molecular flexibility index (Phi) is 3.42. The summed E-state index contributed by atoms with van der Waals surface area (Å²) in [4.78, 5) is 11.6. The molecular formula is C11H15FN2O. The van der Waals surface area contributed by atoms with Crippen molar-refractivity contribution in [3.63, 3.8) is 0 Å². The van der Waals surface area contributed by atoms with Crippen molar-refractivity contribution in [1.82, 2.24) is 5.32 Å². The molecule has 0 aliphatic heterocycles. The van der Waals surface area contributed by atoms with E-state index >= 15 is 0 Å². The fraction of sp³-hybridized carbons (Fsp3) is 0.364. The number of benzene rings is 1. The van der Waals surface area contributed by atoms with Crippen molar-refractivity contribution in [3.8, 4) is 0 Å². The van der Waals surface area contributed by atoms with Crippen LogP contribution in [-0.4, -0.2) is 18.0 Å². The molecule has 0 aliphatic carbocycles. The maximum atomic E-state index is 13.2. The van der Waals surface area contributed by atoms with Crippen molar-refractivity contribution in [3.05, 3.63) is 35.6 Å². The average Bonchev–Trinajstić information content (AvgIpc) is 2.17. The summed E-state index contributed by atoms with van der Waals surface area (Å²) < 4.78 is 13.2. The Morgan fingerprint density at radius 2 is 2.07 bits per heavy atom. The van der Waals surface area contributed by atoms with E-state index in [0.717, 1.165) is 0 Å². The van der Waals surface area contributed by atoms with Crippen molar-refractivity contribution in [2.75, 3.05) is 6.54 Å². The maximum Gasteiger partial charge on any atom is 0.254 e. The molecule has 0 heterocycles. The van der Waals surface area contributed by atoms with Gasteiger partial charge in [0, 0.05) is 12.1 Å². The number of rotatable bonds is 3. The lowest BCUT2D eigenvalue weighted by Crippen LogP contribution is -2.49. The number of nitrogens with two attached hydrogens (primary N) is 1. The summed E-state index contributed by atoms with van der Waals surface area (Å²) in [5, 5.41) is 2.66. The molecule has 0 spiro atoms. The summed E-state index contributed by atoms with van der Waals surface area (Å²) in [6, 6.07) is 5.86. The zero-order valence-electron chi connectivity index (χ0n) is 8.88. The molecule has 0 unspecified atom stereocenters. The maximum absolute atomic E-state index is 13.2. The number of amides is 1. The highest BCUT2D eigenvalue weighted by atomic mass is 19.1. The van der Waals surface area contributed by atoms with Crippen LogP contribution < -0.4 is 11.1 Å². The van der Waals surface area contributed by atoms with Crippen LogP contribution in [0.2, 0.25) is 0 Å². The van der Waals surface area contributed by atoms with E-state index in [-0.39, 0.29) is 5.56 Å². The van der Waals surface area contributed by atoms with E-state index in [4.69, 9.17) is 5.73 Å². The number of carbonyl (C=O) groups is 1. The van der Waals surface area contributed by atoms with Crippen LogP contribution in [0.4, 0.5) is 4.39 Å². The van der Waals surface area contributed by atoms with E-state index in [1.165, 1.54) is 12.1 Å². The lowest BCUT2D eigenvalue weighted by atomic mass is 10.1. The second-order valence-electron chi connectivity index (χ2n) is 4.02. The van der Waals surface area contributed by atoms with Crippen molar-refractivity contribution in [2.45, 2.75) is 19.4 Å². The van der Waals surface area contributed by atoms with E-state index in [0.29, 0.717) is 6.54 Å². The molecule has 0 radical (unpaired) electrons. The molecule has 4 heteroatoms. The molecule has 1 rings (SSSR count). The van der Waals surface area contributed by atoms with Crippen LogP contribution in [0.3, 0.4) is 0 Å². The van der Waals surface area contributed by atoms with E-state index in [1.807, 2.05) is 0 Å². The van der Waals surface area contributed by atoms with Crippen LogP contribution in [0.15, 0.2) is 24.3 Å². The molecule has 1 aromatic rings. The van der Waals surface area contributed by atoms with Gasteiger partial charge in [0.25, 0.3) is 5.91 Å². The van der Waals surface area contributed by atoms with Gasteiger partial charge in [0.05, 0.1) is 5.56 Å². The Morgan fingerprint density at radius 3 is 2.60 bits per heavy atom. The molecule has 3 N–H and O–H groups in total. The third kappa shape index (κ3) is 3.02. The lowest BCUT2D eigenvalue weighted by Gasteiger charge is -2.24. The molecule has 0 bridgehead atoms. The van der Waals surface area contributed by atoms with Gasteiger partial charge in [-0.15, -0.1) is 0 Å². The Labute approximate surface area is 88.5 Å². The smallest absolute Gasteiger partial charge is 0.254 e. The molecule has 1 aromatic carbocycles. The summed E-state index contributed by atoms with van der Waals surface area (Å²) in [6.45, 7) is 3.87. The van der Waals surface area contributed by atoms with Gasteiger partial charge in [0.1, 0.15) is 5.82 Å². The van der Waals surface area contributed by atoms with Gasteiger partial charge in [-0.25, -0.2) is 4.39 Å². The first-order chi connectivity index (χ1) is 6.96. The van der Waals surface area contributed by atoms with Gasteiger partial charge in [0.2, 0.25) is 0 Å². The van der Waals surface area contributed by atoms with E-state index < -0.39 is 17.3 Å². The van der Waals surface area contributed by atoms with Gasteiger partial charge >= 0.3 is 0 Å². The van der Waals surface area contributed by atoms with Crippen molar-refractivity contribution in [2.24, 2.45) is 5.73 Å². The van der Waals surface area contributed by atoms with Crippen LogP contribution >= 0.6 is 0 Å². The second-order valence-corrected chi connectivity index (χ2v) is 4.02. The largest absolute Gasteiger partial charge is 0.346 e. The van der Waals surface area contributed by atoms with Gasteiger partial charge in [-0.3, -0.25) is 4.79 Å². The highest BCUT2D eigenvalue weighted by Crippen LogP contribution is 2.08. The van der Waals surface area contributed by atoms with Crippen molar-refractivity contribution < 1.29 is 9.18 Å². The topological polar surface area (TPSA) is 55.1 Å². The number of halogens is 1. The minimum atomic E-state index is -0.528. The second kappa shape index (κ2) is 4.40. The monoisotopic (exact) mass is 210 g/mol. The Hall–Kier alpha value is -1.42. The SMILES string of the molecule is CC(C)(CN)NC(=O)c1ccccc1F. The summed E-state index contributed by atoms with van der Waals surface area (Å²) in [7, 11) is 0. The van der Waals surface area contributed by atoms with E-state index in [9.17, 15) is 9.18 Å². The van der Waals surface area contributed by atoms with E-state index in [1.54, 1.807) is 26.0 Å². The first kappa shape index (κ1) is 11.7. The predicted octanol–water partition coefficient (Wildman–Crippen LogP) is 1.29. The zero-order chi connectivity index (χ0) is 11.5. The van der Waals surface area contributed by atoms with Crippen LogP contribution in [0.5, 0.6) is 0 Å². The third-order valence-corrected chi connectivity index (χ3v) is 2.08. The molecule has 0 aliphatic rings. The summed E-state index contributed by atoms with van der Waals surface area (Å²) in [5.74, 6) is -0.966. The van der Waals surface area contributed by atoms with E-state index in [2.05, 4.69) is 5.32 Å². The molecule has 82 valence electrons. The van der Waals surface area contributed by atoms with Gasteiger partial charge in [-0.1, -0.05) is 12.1 Å². The lowest BCUT2D eigenvalue weighted by molar-refractivity contribution is 0.0911. The van der Waals surface area contributed by atoms with Gasteiger partial charge in [-0.2, -0.15) is 0 Å². The number of carbonyl (C=O) groups excluding carboxylic acids is 1. The number of nitrogens with one attached hydrogen (secondary N) is 1.